The van der Waals surface area contributed by atoms with Crippen molar-refractivity contribution in [1.29, 1.82) is 0 Å². The molecule has 0 unspecified atom stereocenters. The summed E-state index contributed by atoms with van der Waals surface area (Å²) in [6.45, 7) is 3.57. The SMILES string of the molecule is Clc1ccc2c(c1)N[C@H]([C@@H]1CCOC1)N1CCN=C21. The van der Waals surface area contributed by atoms with Gasteiger partial charge in [0.2, 0.25) is 0 Å². The van der Waals surface area contributed by atoms with Crippen LogP contribution in [-0.2, 0) is 4.74 Å². The van der Waals surface area contributed by atoms with Crippen LogP contribution in [0.3, 0.4) is 0 Å². The molecule has 0 bridgehead atoms. The van der Waals surface area contributed by atoms with Crippen LogP contribution in [0.1, 0.15) is 12.0 Å². The zero-order valence-electron chi connectivity index (χ0n) is 10.6. The number of aliphatic imine (C=N–C) groups is 1. The van der Waals surface area contributed by atoms with Crippen LogP contribution in [0.15, 0.2) is 23.2 Å². The Kier molecular flexibility index (Phi) is 2.67. The Bertz CT molecular complexity index is 539. The maximum absolute atomic E-state index is 6.11. The topological polar surface area (TPSA) is 36.9 Å². The van der Waals surface area contributed by atoms with Gasteiger partial charge in [-0.2, -0.15) is 0 Å². The number of rotatable bonds is 1. The molecule has 0 aromatic heterocycles. The van der Waals surface area contributed by atoms with Gasteiger partial charge in [0.1, 0.15) is 12.0 Å². The van der Waals surface area contributed by atoms with E-state index in [1.165, 1.54) is 0 Å². The van der Waals surface area contributed by atoms with Crippen molar-refractivity contribution in [3.05, 3.63) is 28.8 Å². The summed E-state index contributed by atoms with van der Waals surface area (Å²) in [5.74, 6) is 1.64. The quantitative estimate of drug-likeness (QED) is 0.855. The largest absolute Gasteiger partial charge is 0.381 e. The van der Waals surface area contributed by atoms with E-state index in [0.29, 0.717) is 5.92 Å². The fraction of sp³-hybridized carbons (Fsp3) is 0.500. The highest BCUT2D eigenvalue weighted by Gasteiger charge is 2.38. The first-order valence-electron chi connectivity index (χ1n) is 6.78. The van der Waals surface area contributed by atoms with Crippen molar-refractivity contribution in [3.63, 3.8) is 0 Å². The third-order valence-corrected chi connectivity index (χ3v) is 4.38. The number of halogens is 1. The zero-order valence-corrected chi connectivity index (χ0v) is 11.4. The van der Waals surface area contributed by atoms with E-state index in [1.54, 1.807) is 0 Å². The van der Waals surface area contributed by atoms with Gasteiger partial charge in [0, 0.05) is 35.3 Å². The zero-order chi connectivity index (χ0) is 12.8. The molecule has 0 spiro atoms. The van der Waals surface area contributed by atoms with Crippen molar-refractivity contribution in [3.8, 4) is 0 Å². The molecule has 100 valence electrons. The molecule has 0 aliphatic carbocycles. The second kappa shape index (κ2) is 4.39. The Morgan fingerprint density at radius 1 is 1.42 bits per heavy atom. The normalized spacial score (nSPS) is 28.7. The van der Waals surface area contributed by atoms with E-state index in [-0.39, 0.29) is 6.17 Å². The van der Waals surface area contributed by atoms with Crippen molar-refractivity contribution in [2.45, 2.75) is 12.6 Å². The molecule has 4 rings (SSSR count). The van der Waals surface area contributed by atoms with E-state index < -0.39 is 0 Å². The van der Waals surface area contributed by atoms with Crippen LogP contribution in [0, 0.1) is 5.92 Å². The van der Waals surface area contributed by atoms with Crippen molar-refractivity contribution in [1.82, 2.24) is 4.90 Å². The molecular formula is C14H16ClN3O. The minimum Gasteiger partial charge on any atom is -0.381 e. The van der Waals surface area contributed by atoms with Gasteiger partial charge in [-0.25, -0.2) is 0 Å². The van der Waals surface area contributed by atoms with E-state index >= 15 is 0 Å². The second-order valence-electron chi connectivity index (χ2n) is 5.30. The number of anilines is 1. The van der Waals surface area contributed by atoms with Crippen molar-refractivity contribution in [2.24, 2.45) is 10.9 Å². The van der Waals surface area contributed by atoms with Gasteiger partial charge in [-0.05, 0) is 24.6 Å². The molecule has 1 fully saturated rings. The monoisotopic (exact) mass is 277 g/mol. The third-order valence-electron chi connectivity index (χ3n) is 4.15. The highest BCUT2D eigenvalue weighted by molar-refractivity contribution is 6.31. The molecule has 2 atom stereocenters. The minimum atomic E-state index is 0.287. The Labute approximate surface area is 117 Å². The number of benzene rings is 1. The van der Waals surface area contributed by atoms with E-state index in [9.17, 15) is 0 Å². The van der Waals surface area contributed by atoms with Gasteiger partial charge in [0.15, 0.2) is 0 Å². The van der Waals surface area contributed by atoms with Crippen molar-refractivity contribution in [2.75, 3.05) is 31.6 Å². The number of fused-ring (bicyclic) bond motifs is 3. The highest BCUT2D eigenvalue weighted by Crippen LogP contribution is 2.34. The molecule has 1 saturated heterocycles. The maximum Gasteiger partial charge on any atom is 0.134 e. The van der Waals surface area contributed by atoms with Gasteiger partial charge in [-0.1, -0.05) is 11.6 Å². The fourth-order valence-electron chi connectivity index (χ4n) is 3.21. The molecule has 0 amide bonds. The Hall–Kier alpha value is -1.26. The number of nitrogens with zero attached hydrogens (tertiary/aromatic N) is 2. The molecule has 3 heterocycles. The third kappa shape index (κ3) is 1.82. The summed E-state index contributed by atoms with van der Waals surface area (Å²) in [5, 5.41) is 4.40. The maximum atomic E-state index is 6.11. The average molecular weight is 278 g/mol. The summed E-state index contributed by atoms with van der Waals surface area (Å²) in [5.41, 5.74) is 2.26. The van der Waals surface area contributed by atoms with Gasteiger partial charge in [0.25, 0.3) is 0 Å². The van der Waals surface area contributed by atoms with Gasteiger partial charge in [-0.15, -0.1) is 0 Å². The second-order valence-corrected chi connectivity index (χ2v) is 5.74. The fourth-order valence-corrected chi connectivity index (χ4v) is 3.39. The minimum absolute atomic E-state index is 0.287. The summed E-state index contributed by atoms with van der Waals surface area (Å²) in [6.07, 6.45) is 1.40. The van der Waals surface area contributed by atoms with Gasteiger partial charge in [-0.3, -0.25) is 4.99 Å². The van der Waals surface area contributed by atoms with Crippen molar-refractivity contribution >= 4 is 23.1 Å². The van der Waals surface area contributed by atoms with Crippen LogP contribution in [0.2, 0.25) is 5.02 Å². The molecular weight excluding hydrogens is 262 g/mol. The first-order valence-corrected chi connectivity index (χ1v) is 7.16. The lowest BCUT2D eigenvalue weighted by molar-refractivity contribution is 0.166. The number of amidine groups is 1. The summed E-state index contributed by atoms with van der Waals surface area (Å²) >= 11 is 6.11. The molecule has 1 aromatic carbocycles. The van der Waals surface area contributed by atoms with E-state index in [1.807, 2.05) is 12.1 Å². The summed E-state index contributed by atoms with van der Waals surface area (Å²) in [6, 6.07) is 5.99. The van der Waals surface area contributed by atoms with E-state index in [4.69, 9.17) is 16.3 Å². The standard InChI is InChI=1S/C14H16ClN3O/c15-10-1-2-11-12(7-10)17-13(9-3-6-19-8-9)18-5-4-16-14(11)18/h1-2,7,9,13,17H,3-6,8H2/t9-,13+/m1/s1. The number of nitrogens with one attached hydrogen (secondary N) is 1. The van der Waals surface area contributed by atoms with E-state index in [2.05, 4.69) is 21.3 Å². The van der Waals surface area contributed by atoms with Crippen LogP contribution in [0.25, 0.3) is 0 Å². The molecule has 0 radical (unpaired) electrons. The first kappa shape index (κ1) is 11.6. The van der Waals surface area contributed by atoms with Crippen LogP contribution in [0.4, 0.5) is 5.69 Å². The predicted octanol–water partition coefficient (Wildman–Crippen LogP) is 2.19. The number of ether oxygens (including phenoxy) is 1. The summed E-state index contributed by atoms with van der Waals surface area (Å²) in [4.78, 5) is 7.05. The van der Waals surface area contributed by atoms with Crippen LogP contribution in [0.5, 0.6) is 0 Å². The summed E-state index contributed by atoms with van der Waals surface area (Å²) < 4.78 is 5.54. The average Bonchev–Trinajstić information content (AvgIpc) is 3.08. The lowest BCUT2D eigenvalue weighted by atomic mass is 9.99. The Balaban J connectivity index is 1.75. The molecule has 1 aromatic rings. The molecule has 3 aliphatic heterocycles. The Morgan fingerprint density at radius 2 is 2.37 bits per heavy atom. The first-order chi connectivity index (χ1) is 9.33. The molecule has 4 nitrogen and oxygen atoms in total. The van der Waals surface area contributed by atoms with Gasteiger partial charge >= 0.3 is 0 Å². The Morgan fingerprint density at radius 3 is 3.21 bits per heavy atom. The smallest absolute Gasteiger partial charge is 0.134 e. The lowest BCUT2D eigenvalue weighted by Crippen LogP contribution is -2.51. The molecule has 1 N–H and O–H groups in total. The molecule has 3 aliphatic rings. The number of hydrogen-bond acceptors (Lipinski definition) is 4. The lowest BCUT2D eigenvalue weighted by Gasteiger charge is -2.40. The number of hydrogen-bond donors (Lipinski definition) is 1. The van der Waals surface area contributed by atoms with Crippen molar-refractivity contribution < 1.29 is 4.74 Å². The summed E-state index contributed by atoms with van der Waals surface area (Å²) in [7, 11) is 0. The van der Waals surface area contributed by atoms with Crippen LogP contribution in [-0.4, -0.2) is 43.2 Å². The van der Waals surface area contributed by atoms with E-state index in [0.717, 1.165) is 54.8 Å². The highest BCUT2D eigenvalue weighted by atomic mass is 35.5. The van der Waals surface area contributed by atoms with Crippen LogP contribution >= 0.6 is 11.6 Å². The van der Waals surface area contributed by atoms with Gasteiger partial charge in [0.05, 0.1) is 13.2 Å². The molecule has 5 heteroatoms. The van der Waals surface area contributed by atoms with Gasteiger partial charge < -0.3 is 15.0 Å². The molecule has 0 saturated carbocycles. The van der Waals surface area contributed by atoms with Crippen LogP contribution < -0.4 is 5.32 Å². The predicted molar refractivity (Wildman–Crippen MR) is 75.9 cm³/mol. The molecule has 19 heavy (non-hydrogen) atoms.